The first-order valence-electron chi connectivity index (χ1n) is 6.61. The fourth-order valence-corrected chi connectivity index (χ4v) is 1.92. The average Bonchev–Trinajstić information content (AvgIpc) is 2.42. The van der Waals surface area contributed by atoms with Crippen LogP contribution in [0, 0.1) is 11.8 Å². The van der Waals surface area contributed by atoms with Gasteiger partial charge in [-0.25, -0.2) is 4.79 Å². The second kappa shape index (κ2) is 7.53. The fourth-order valence-electron chi connectivity index (χ4n) is 1.92. The summed E-state index contributed by atoms with van der Waals surface area (Å²) in [7, 11) is 0. The Hall–Kier alpha value is -2.04. The summed E-state index contributed by atoms with van der Waals surface area (Å²) in [6.07, 6.45) is -0.597. The van der Waals surface area contributed by atoms with E-state index in [4.69, 9.17) is 9.84 Å². The Labute approximate surface area is 118 Å². The third-order valence-corrected chi connectivity index (χ3v) is 3.14. The van der Waals surface area contributed by atoms with Crippen LogP contribution in [-0.4, -0.2) is 23.2 Å². The third-order valence-electron chi connectivity index (χ3n) is 3.14. The minimum absolute atomic E-state index is 0.00498. The molecule has 0 bridgehead atoms. The molecule has 0 fully saturated rings. The Morgan fingerprint density at radius 1 is 1.20 bits per heavy atom. The van der Waals surface area contributed by atoms with Crippen molar-refractivity contribution in [1.29, 1.82) is 0 Å². The number of alkyl carbamates (subject to hydrolysis) is 1. The topological polar surface area (TPSA) is 75.6 Å². The van der Waals surface area contributed by atoms with E-state index in [2.05, 4.69) is 5.32 Å². The first-order valence-corrected chi connectivity index (χ1v) is 6.61. The van der Waals surface area contributed by atoms with Crippen LogP contribution in [0.4, 0.5) is 4.79 Å². The van der Waals surface area contributed by atoms with Gasteiger partial charge < -0.3 is 15.2 Å². The van der Waals surface area contributed by atoms with Crippen molar-refractivity contribution >= 4 is 12.1 Å². The van der Waals surface area contributed by atoms with Crippen LogP contribution in [-0.2, 0) is 16.1 Å². The number of carbonyl (C=O) groups excluding carboxylic acids is 1. The standard InChI is InChI=1S/C15H21NO4/c1-10(2)13(11(3)14(17)18)16-15(19)20-9-12-7-5-4-6-8-12/h4-8,10-11,13H,9H2,1-3H3,(H,16,19)(H,17,18). The van der Waals surface area contributed by atoms with E-state index in [1.54, 1.807) is 6.92 Å². The first-order chi connectivity index (χ1) is 9.41. The molecule has 1 aromatic carbocycles. The van der Waals surface area contributed by atoms with Crippen LogP contribution < -0.4 is 5.32 Å². The van der Waals surface area contributed by atoms with Gasteiger partial charge in [-0.15, -0.1) is 0 Å². The van der Waals surface area contributed by atoms with Crippen LogP contribution in [0.5, 0.6) is 0 Å². The number of carboxylic acids is 1. The van der Waals surface area contributed by atoms with Gasteiger partial charge in [-0.1, -0.05) is 44.2 Å². The second-order valence-electron chi connectivity index (χ2n) is 5.10. The monoisotopic (exact) mass is 279 g/mol. The summed E-state index contributed by atoms with van der Waals surface area (Å²) in [6, 6.07) is 8.85. The Morgan fingerprint density at radius 3 is 2.30 bits per heavy atom. The highest BCUT2D eigenvalue weighted by Crippen LogP contribution is 2.13. The van der Waals surface area contributed by atoms with Gasteiger partial charge in [0.25, 0.3) is 0 Å². The smallest absolute Gasteiger partial charge is 0.407 e. The highest BCUT2D eigenvalue weighted by Gasteiger charge is 2.28. The molecule has 0 aliphatic carbocycles. The summed E-state index contributed by atoms with van der Waals surface area (Å²) < 4.78 is 5.10. The number of aliphatic carboxylic acids is 1. The van der Waals surface area contributed by atoms with Gasteiger partial charge in [-0.2, -0.15) is 0 Å². The van der Waals surface area contributed by atoms with Gasteiger partial charge in [-0.05, 0) is 18.4 Å². The lowest BCUT2D eigenvalue weighted by Gasteiger charge is -2.25. The predicted octanol–water partition coefficient (Wildman–Crippen LogP) is 2.66. The number of benzene rings is 1. The molecule has 0 spiro atoms. The molecule has 0 saturated heterocycles. The molecule has 1 rings (SSSR count). The van der Waals surface area contributed by atoms with E-state index in [1.807, 2.05) is 44.2 Å². The molecule has 5 heteroatoms. The molecule has 0 radical (unpaired) electrons. The second-order valence-corrected chi connectivity index (χ2v) is 5.10. The largest absolute Gasteiger partial charge is 0.481 e. The minimum Gasteiger partial charge on any atom is -0.481 e. The van der Waals surface area contributed by atoms with Crippen molar-refractivity contribution in [3.63, 3.8) is 0 Å². The minimum atomic E-state index is -0.938. The summed E-state index contributed by atoms with van der Waals surface area (Å²) in [5, 5.41) is 11.7. The zero-order valence-corrected chi connectivity index (χ0v) is 12.0. The average molecular weight is 279 g/mol. The van der Waals surface area contributed by atoms with Gasteiger partial charge in [0.05, 0.1) is 5.92 Å². The maximum atomic E-state index is 11.7. The molecule has 0 saturated carbocycles. The molecule has 1 amide bonds. The van der Waals surface area contributed by atoms with Crippen molar-refractivity contribution in [2.75, 3.05) is 0 Å². The van der Waals surface area contributed by atoms with Gasteiger partial charge in [-0.3, -0.25) is 4.79 Å². The summed E-state index contributed by atoms with van der Waals surface area (Å²) >= 11 is 0. The molecule has 110 valence electrons. The Morgan fingerprint density at radius 2 is 1.80 bits per heavy atom. The van der Waals surface area contributed by atoms with Crippen LogP contribution in [0.1, 0.15) is 26.3 Å². The highest BCUT2D eigenvalue weighted by molar-refractivity contribution is 5.73. The number of carbonyl (C=O) groups is 2. The van der Waals surface area contributed by atoms with E-state index in [9.17, 15) is 9.59 Å². The number of ether oxygens (including phenoxy) is 1. The van der Waals surface area contributed by atoms with Crippen molar-refractivity contribution in [3.05, 3.63) is 35.9 Å². The Balaban J connectivity index is 2.52. The van der Waals surface area contributed by atoms with Crippen LogP contribution in [0.15, 0.2) is 30.3 Å². The van der Waals surface area contributed by atoms with Crippen molar-refractivity contribution in [2.24, 2.45) is 11.8 Å². The van der Waals surface area contributed by atoms with E-state index < -0.39 is 24.0 Å². The lowest BCUT2D eigenvalue weighted by molar-refractivity contribution is -0.142. The number of hydrogen-bond acceptors (Lipinski definition) is 3. The Bertz CT molecular complexity index is 444. The molecular weight excluding hydrogens is 258 g/mol. The quantitative estimate of drug-likeness (QED) is 0.839. The highest BCUT2D eigenvalue weighted by atomic mass is 16.5. The third kappa shape index (κ3) is 4.91. The molecule has 1 aromatic rings. The van der Waals surface area contributed by atoms with E-state index in [0.717, 1.165) is 5.56 Å². The Kier molecular flexibility index (Phi) is 6.03. The van der Waals surface area contributed by atoms with E-state index in [1.165, 1.54) is 0 Å². The van der Waals surface area contributed by atoms with Crippen LogP contribution in [0.2, 0.25) is 0 Å². The summed E-state index contributed by atoms with van der Waals surface area (Å²) in [5.74, 6) is -1.60. The molecule has 0 aliphatic rings. The van der Waals surface area contributed by atoms with Crippen molar-refractivity contribution in [1.82, 2.24) is 5.32 Å². The maximum absolute atomic E-state index is 11.7. The summed E-state index contributed by atoms with van der Waals surface area (Å²) in [6.45, 7) is 5.46. The van der Waals surface area contributed by atoms with Crippen LogP contribution in [0.25, 0.3) is 0 Å². The number of rotatable bonds is 6. The van der Waals surface area contributed by atoms with Crippen molar-refractivity contribution < 1.29 is 19.4 Å². The molecule has 20 heavy (non-hydrogen) atoms. The molecule has 2 atom stereocenters. The van der Waals surface area contributed by atoms with E-state index in [0.29, 0.717) is 0 Å². The van der Waals surface area contributed by atoms with Crippen molar-refractivity contribution in [3.8, 4) is 0 Å². The molecule has 0 aliphatic heterocycles. The maximum Gasteiger partial charge on any atom is 0.407 e. The molecule has 2 unspecified atom stereocenters. The molecule has 0 aromatic heterocycles. The first kappa shape index (κ1) is 16.0. The van der Waals surface area contributed by atoms with E-state index >= 15 is 0 Å². The normalized spacial score (nSPS) is 13.6. The zero-order chi connectivity index (χ0) is 15.1. The zero-order valence-electron chi connectivity index (χ0n) is 12.0. The van der Waals surface area contributed by atoms with Gasteiger partial charge in [0.2, 0.25) is 0 Å². The number of hydrogen-bond donors (Lipinski definition) is 2. The molecule has 2 N–H and O–H groups in total. The van der Waals surface area contributed by atoms with Crippen LogP contribution >= 0.6 is 0 Å². The summed E-state index contributed by atoms with van der Waals surface area (Å²) in [5.41, 5.74) is 0.884. The summed E-state index contributed by atoms with van der Waals surface area (Å²) in [4.78, 5) is 22.7. The SMILES string of the molecule is CC(C)C(NC(=O)OCc1ccccc1)C(C)C(=O)O. The van der Waals surface area contributed by atoms with Crippen molar-refractivity contribution in [2.45, 2.75) is 33.4 Å². The molecule has 0 heterocycles. The lowest BCUT2D eigenvalue weighted by Crippen LogP contribution is -2.45. The number of nitrogens with one attached hydrogen (secondary N) is 1. The lowest BCUT2D eigenvalue weighted by atomic mass is 9.92. The fraction of sp³-hybridized carbons (Fsp3) is 0.467. The van der Waals surface area contributed by atoms with Gasteiger partial charge in [0.1, 0.15) is 6.61 Å². The molecular formula is C15H21NO4. The van der Waals surface area contributed by atoms with Gasteiger partial charge in [0, 0.05) is 6.04 Å². The predicted molar refractivity (Wildman–Crippen MR) is 75.2 cm³/mol. The molecule has 5 nitrogen and oxygen atoms in total. The number of carboxylic acid groups (broad SMARTS) is 1. The number of amides is 1. The van der Waals surface area contributed by atoms with Gasteiger partial charge in [0.15, 0.2) is 0 Å². The van der Waals surface area contributed by atoms with E-state index in [-0.39, 0.29) is 12.5 Å². The van der Waals surface area contributed by atoms with Gasteiger partial charge >= 0.3 is 12.1 Å². The van der Waals surface area contributed by atoms with Crippen LogP contribution in [0.3, 0.4) is 0 Å².